The number of hydrogen-bond acceptors (Lipinski definition) is 4. The van der Waals surface area contributed by atoms with E-state index in [4.69, 9.17) is 0 Å². The predicted molar refractivity (Wildman–Crippen MR) is 109 cm³/mol. The molecule has 1 heterocycles. The van der Waals surface area contributed by atoms with Crippen molar-refractivity contribution in [1.82, 2.24) is 4.31 Å². The van der Waals surface area contributed by atoms with Crippen LogP contribution >= 0.6 is 0 Å². The zero-order valence-electron chi connectivity index (χ0n) is 16.8. The summed E-state index contributed by atoms with van der Waals surface area (Å²) in [6, 6.07) is 10.1. The van der Waals surface area contributed by atoms with Crippen LogP contribution in [-0.4, -0.2) is 37.8 Å². The van der Waals surface area contributed by atoms with Crippen molar-refractivity contribution in [2.45, 2.75) is 50.7 Å². The van der Waals surface area contributed by atoms with Gasteiger partial charge in [0.1, 0.15) is 5.75 Å². The first-order valence-corrected chi connectivity index (χ1v) is 11.1. The van der Waals surface area contributed by atoms with E-state index in [-0.39, 0.29) is 27.9 Å². The highest BCUT2D eigenvalue weighted by atomic mass is 32.2. The standard InChI is InChI=1S/C21H24F2N2O4S/c1-14-10-11-16(30(27,28)25-12-6-5-7-15(25)2)13-17(14)20(26)24-18-8-3-4-9-19(18)29-21(22)23/h3-4,8-11,13,15,21H,5-7,12H2,1-2H3,(H,24,26). The molecule has 0 radical (unpaired) electrons. The molecule has 9 heteroatoms. The number of alkyl halides is 2. The number of nitrogens with zero attached hydrogens (tertiary/aromatic N) is 1. The van der Waals surface area contributed by atoms with Gasteiger partial charge in [0, 0.05) is 18.2 Å². The summed E-state index contributed by atoms with van der Waals surface area (Å²) in [4.78, 5) is 12.9. The Balaban J connectivity index is 1.90. The van der Waals surface area contributed by atoms with Crippen molar-refractivity contribution in [3.05, 3.63) is 53.6 Å². The van der Waals surface area contributed by atoms with Crippen LogP contribution in [0.1, 0.15) is 42.1 Å². The number of sulfonamides is 1. The maximum absolute atomic E-state index is 13.1. The molecule has 1 N–H and O–H groups in total. The fourth-order valence-electron chi connectivity index (χ4n) is 3.53. The minimum absolute atomic E-state index is 0.0316. The second-order valence-electron chi connectivity index (χ2n) is 7.27. The van der Waals surface area contributed by atoms with Gasteiger partial charge in [-0.1, -0.05) is 24.6 Å². The molecule has 0 bridgehead atoms. The number of carbonyl (C=O) groups is 1. The Morgan fingerprint density at radius 3 is 2.63 bits per heavy atom. The third-order valence-electron chi connectivity index (χ3n) is 5.15. The highest BCUT2D eigenvalue weighted by molar-refractivity contribution is 7.89. The zero-order chi connectivity index (χ0) is 21.9. The molecule has 0 aromatic heterocycles. The number of carbonyl (C=O) groups excluding carboxylic acids is 1. The summed E-state index contributed by atoms with van der Waals surface area (Å²) < 4.78 is 57.3. The first-order valence-electron chi connectivity index (χ1n) is 9.68. The van der Waals surface area contributed by atoms with Gasteiger partial charge in [0.05, 0.1) is 10.6 Å². The number of nitrogens with one attached hydrogen (secondary N) is 1. The van der Waals surface area contributed by atoms with Crippen molar-refractivity contribution in [2.75, 3.05) is 11.9 Å². The van der Waals surface area contributed by atoms with Gasteiger partial charge in [-0.25, -0.2) is 8.42 Å². The van der Waals surface area contributed by atoms with Gasteiger partial charge in [-0.3, -0.25) is 4.79 Å². The monoisotopic (exact) mass is 438 g/mol. The van der Waals surface area contributed by atoms with Crippen molar-refractivity contribution < 1.29 is 26.7 Å². The van der Waals surface area contributed by atoms with E-state index in [2.05, 4.69) is 10.1 Å². The number of amides is 1. The van der Waals surface area contributed by atoms with Gasteiger partial charge in [0.2, 0.25) is 10.0 Å². The molecule has 2 aromatic rings. The van der Waals surface area contributed by atoms with Gasteiger partial charge in [0.15, 0.2) is 0 Å². The molecule has 1 aliphatic heterocycles. The number of piperidine rings is 1. The van der Waals surface area contributed by atoms with E-state index in [1.807, 2.05) is 6.92 Å². The Morgan fingerprint density at radius 2 is 1.93 bits per heavy atom. The minimum atomic E-state index is -3.75. The number of ether oxygens (including phenoxy) is 1. The third-order valence-corrected chi connectivity index (χ3v) is 7.16. The summed E-state index contributed by atoms with van der Waals surface area (Å²) in [5.74, 6) is -0.786. The largest absolute Gasteiger partial charge is 0.433 e. The molecule has 30 heavy (non-hydrogen) atoms. The molecule has 0 saturated carbocycles. The van der Waals surface area contributed by atoms with Crippen LogP contribution in [-0.2, 0) is 10.0 Å². The van der Waals surface area contributed by atoms with Crippen molar-refractivity contribution in [1.29, 1.82) is 0 Å². The fourth-order valence-corrected chi connectivity index (χ4v) is 5.25. The Kier molecular flexibility index (Phi) is 6.72. The van der Waals surface area contributed by atoms with Crippen LogP contribution in [0.25, 0.3) is 0 Å². The Bertz CT molecular complexity index is 1030. The number of aryl methyl sites for hydroxylation is 1. The van der Waals surface area contributed by atoms with Gasteiger partial charge in [0.25, 0.3) is 5.91 Å². The van der Waals surface area contributed by atoms with E-state index in [1.54, 1.807) is 19.1 Å². The molecule has 1 saturated heterocycles. The summed E-state index contributed by atoms with van der Waals surface area (Å²) >= 11 is 0. The summed E-state index contributed by atoms with van der Waals surface area (Å²) in [6.45, 7) is 0.955. The topological polar surface area (TPSA) is 75.7 Å². The molecule has 1 unspecified atom stereocenters. The predicted octanol–water partition coefficient (Wildman–Crippen LogP) is 4.41. The Labute approximate surface area is 174 Å². The average molecular weight is 438 g/mol. The SMILES string of the molecule is Cc1ccc(S(=O)(=O)N2CCCCC2C)cc1C(=O)Nc1ccccc1OC(F)F. The molecule has 162 valence electrons. The molecule has 0 spiro atoms. The molecule has 3 rings (SSSR count). The lowest BCUT2D eigenvalue weighted by Gasteiger charge is -2.32. The van der Waals surface area contributed by atoms with Crippen molar-refractivity contribution in [2.24, 2.45) is 0 Å². The number of rotatable bonds is 6. The second kappa shape index (κ2) is 9.09. The second-order valence-corrected chi connectivity index (χ2v) is 9.16. The first kappa shape index (κ1) is 22.2. The van der Waals surface area contributed by atoms with Crippen molar-refractivity contribution >= 4 is 21.6 Å². The first-order chi connectivity index (χ1) is 14.2. The maximum Gasteiger partial charge on any atom is 0.387 e. The number of benzene rings is 2. The van der Waals surface area contributed by atoms with Gasteiger partial charge >= 0.3 is 6.61 Å². The Morgan fingerprint density at radius 1 is 1.20 bits per heavy atom. The molecule has 1 aliphatic rings. The van der Waals surface area contributed by atoms with Gasteiger partial charge in [-0.15, -0.1) is 0 Å². The smallest absolute Gasteiger partial charge is 0.387 e. The molecule has 0 aliphatic carbocycles. The van der Waals surface area contributed by atoms with Crippen molar-refractivity contribution in [3.63, 3.8) is 0 Å². The molecule has 1 atom stereocenters. The Hall–Kier alpha value is -2.52. The normalized spacial score (nSPS) is 17.7. The lowest BCUT2D eigenvalue weighted by molar-refractivity contribution is -0.0493. The number of halogens is 2. The lowest BCUT2D eigenvalue weighted by Crippen LogP contribution is -2.42. The summed E-state index contributed by atoms with van der Waals surface area (Å²) in [6.07, 6.45) is 2.57. The maximum atomic E-state index is 13.1. The zero-order valence-corrected chi connectivity index (χ0v) is 17.6. The van der Waals surface area contributed by atoms with Crippen LogP contribution in [0.3, 0.4) is 0 Å². The number of hydrogen-bond donors (Lipinski definition) is 1. The molecule has 2 aromatic carbocycles. The minimum Gasteiger partial charge on any atom is -0.433 e. The highest BCUT2D eigenvalue weighted by Crippen LogP contribution is 2.29. The van der Waals surface area contributed by atoms with Crippen molar-refractivity contribution in [3.8, 4) is 5.75 Å². The van der Waals surface area contributed by atoms with Crippen LogP contribution in [0.4, 0.5) is 14.5 Å². The molecule has 1 fully saturated rings. The van der Waals surface area contributed by atoms with Crippen LogP contribution in [0.2, 0.25) is 0 Å². The molecular weight excluding hydrogens is 414 g/mol. The summed E-state index contributed by atoms with van der Waals surface area (Å²) in [5, 5.41) is 2.53. The van der Waals surface area contributed by atoms with Crippen LogP contribution in [0, 0.1) is 6.92 Å². The molecule has 1 amide bonds. The van der Waals surface area contributed by atoms with Gasteiger partial charge in [-0.05, 0) is 56.5 Å². The van der Waals surface area contributed by atoms with E-state index >= 15 is 0 Å². The van der Waals surface area contributed by atoms with E-state index < -0.39 is 22.5 Å². The van der Waals surface area contributed by atoms with E-state index in [9.17, 15) is 22.0 Å². The van der Waals surface area contributed by atoms with Gasteiger partial charge in [-0.2, -0.15) is 13.1 Å². The lowest BCUT2D eigenvalue weighted by atomic mass is 10.1. The van der Waals surface area contributed by atoms with E-state index in [1.165, 1.54) is 34.6 Å². The van der Waals surface area contributed by atoms with Crippen LogP contribution in [0.15, 0.2) is 47.4 Å². The quantitative estimate of drug-likeness (QED) is 0.725. The highest BCUT2D eigenvalue weighted by Gasteiger charge is 2.31. The van der Waals surface area contributed by atoms with E-state index in [0.29, 0.717) is 12.1 Å². The summed E-state index contributed by atoms with van der Waals surface area (Å²) in [5.41, 5.74) is 0.776. The van der Waals surface area contributed by atoms with Crippen LogP contribution in [0.5, 0.6) is 5.75 Å². The van der Waals surface area contributed by atoms with Crippen LogP contribution < -0.4 is 10.1 Å². The molecular formula is C21H24F2N2O4S. The van der Waals surface area contributed by atoms with Gasteiger partial charge < -0.3 is 10.1 Å². The number of anilines is 1. The fraction of sp³-hybridized carbons (Fsp3) is 0.381. The molecule has 6 nitrogen and oxygen atoms in total. The van der Waals surface area contributed by atoms with E-state index in [0.717, 1.165) is 19.3 Å². The average Bonchev–Trinajstić information content (AvgIpc) is 2.69. The third kappa shape index (κ3) is 4.79. The summed E-state index contributed by atoms with van der Waals surface area (Å²) in [7, 11) is -3.75. The number of para-hydroxylation sites is 2.